The van der Waals surface area contributed by atoms with E-state index in [1.165, 1.54) is 7.11 Å². The van der Waals surface area contributed by atoms with Crippen LogP contribution in [0.25, 0.3) is 0 Å². The van der Waals surface area contributed by atoms with Gasteiger partial charge in [-0.1, -0.05) is 0 Å². The van der Waals surface area contributed by atoms with Gasteiger partial charge in [0.25, 0.3) is 0 Å². The molecule has 0 unspecified atom stereocenters. The number of halogens is 3. The van der Waals surface area contributed by atoms with Gasteiger partial charge in [-0.3, -0.25) is 4.79 Å². The number of hydrogen-bond donors (Lipinski definition) is 2. The molecule has 0 atom stereocenters. The average molecular weight is 308 g/mol. The van der Waals surface area contributed by atoms with Gasteiger partial charge in [0.2, 0.25) is 5.91 Å². The highest BCUT2D eigenvalue weighted by atomic mass is 19.4. The van der Waals surface area contributed by atoms with Crippen LogP contribution in [0.2, 0.25) is 0 Å². The molecule has 2 N–H and O–H groups in total. The summed E-state index contributed by atoms with van der Waals surface area (Å²) in [4.78, 5) is 22.3. The van der Waals surface area contributed by atoms with Crippen molar-refractivity contribution in [3.05, 3.63) is 23.5 Å². The van der Waals surface area contributed by atoms with E-state index in [1.54, 1.807) is 0 Å². The Morgan fingerprint density at radius 2 is 2.05 bits per heavy atom. The predicted molar refractivity (Wildman–Crippen MR) is 65.9 cm³/mol. The van der Waals surface area contributed by atoms with Crippen molar-refractivity contribution in [2.75, 3.05) is 20.3 Å². The number of carbonyl (C=O) groups is 2. The molecule has 0 aliphatic rings. The Balaban J connectivity index is 2.72. The molecule has 118 valence electrons. The number of amides is 1. The summed E-state index contributed by atoms with van der Waals surface area (Å²) < 4.78 is 43.6. The number of carboxylic acid groups (broad SMARTS) is 1. The molecular formula is C12H15F3N2O4. The van der Waals surface area contributed by atoms with E-state index in [0.29, 0.717) is 25.8 Å². The van der Waals surface area contributed by atoms with E-state index < -0.39 is 29.2 Å². The van der Waals surface area contributed by atoms with E-state index >= 15 is 0 Å². The minimum atomic E-state index is -4.78. The monoisotopic (exact) mass is 308 g/mol. The summed E-state index contributed by atoms with van der Waals surface area (Å²) >= 11 is 0. The molecule has 1 amide bonds. The van der Waals surface area contributed by atoms with Crippen LogP contribution in [0, 0.1) is 0 Å². The van der Waals surface area contributed by atoms with Gasteiger partial charge in [-0.2, -0.15) is 13.2 Å². The number of aromatic nitrogens is 1. The van der Waals surface area contributed by atoms with Gasteiger partial charge in [0.1, 0.15) is 6.54 Å². The SMILES string of the molecule is COCCCNC(=O)Cn1cc(C(=O)O)c(C(F)(F)F)c1. The summed E-state index contributed by atoms with van der Waals surface area (Å²) in [6.07, 6.45) is -2.81. The molecule has 0 aliphatic carbocycles. The zero-order valence-electron chi connectivity index (χ0n) is 11.2. The number of rotatable bonds is 7. The Morgan fingerprint density at radius 1 is 1.38 bits per heavy atom. The van der Waals surface area contributed by atoms with Crippen LogP contribution in [0.1, 0.15) is 22.3 Å². The van der Waals surface area contributed by atoms with Crippen molar-refractivity contribution in [2.45, 2.75) is 19.1 Å². The lowest BCUT2D eigenvalue weighted by Crippen LogP contribution is -2.28. The molecular weight excluding hydrogens is 293 g/mol. The molecule has 1 aromatic rings. The number of carbonyl (C=O) groups excluding carboxylic acids is 1. The molecule has 1 heterocycles. The first-order chi connectivity index (χ1) is 9.75. The van der Waals surface area contributed by atoms with Crippen molar-refractivity contribution >= 4 is 11.9 Å². The number of aromatic carboxylic acids is 1. The summed E-state index contributed by atoms with van der Waals surface area (Å²) in [5.41, 5.74) is -2.16. The molecule has 1 rings (SSSR count). The number of nitrogens with one attached hydrogen (secondary N) is 1. The fourth-order valence-corrected chi connectivity index (χ4v) is 1.66. The molecule has 0 spiro atoms. The van der Waals surface area contributed by atoms with Crippen molar-refractivity contribution in [3.8, 4) is 0 Å². The van der Waals surface area contributed by atoms with Crippen LogP contribution in [-0.2, 0) is 22.3 Å². The fraction of sp³-hybridized carbons (Fsp3) is 0.500. The van der Waals surface area contributed by atoms with Crippen LogP contribution >= 0.6 is 0 Å². The van der Waals surface area contributed by atoms with E-state index in [0.717, 1.165) is 10.8 Å². The number of alkyl halides is 3. The Labute approximate surface area is 118 Å². The van der Waals surface area contributed by atoms with Gasteiger partial charge in [-0.25, -0.2) is 4.79 Å². The summed E-state index contributed by atoms with van der Waals surface area (Å²) in [5.74, 6) is -2.20. The molecule has 0 aliphatic heterocycles. The van der Waals surface area contributed by atoms with Crippen LogP contribution in [0.15, 0.2) is 12.4 Å². The molecule has 0 radical (unpaired) electrons. The Bertz CT molecular complexity index is 511. The average Bonchev–Trinajstić information content (AvgIpc) is 2.78. The van der Waals surface area contributed by atoms with Gasteiger partial charge in [-0.05, 0) is 6.42 Å². The lowest BCUT2D eigenvalue weighted by molar-refractivity contribution is -0.138. The van der Waals surface area contributed by atoms with Crippen LogP contribution in [-0.4, -0.2) is 41.8 Å². The van der Waals surface area contributed by atoms with Crippen LogP contribution in [0.4, 0.5) is 13.2 Å². The molecule has 0 fully saturated rings. The van der Waals surface area contributed by atoms with Gasteiger partial charge in [0.05, 0.1) is 11.1 Å². The first kappa shape index (κ1) is 17.0. The fourth-order valence-electron chi connectivity index (χ4n) is 1.66. The summed E-state index contributed by atoms with van der Waals surface area (Å²) in [6, 6.07) is 0. The largest absolute Gasteiger partial charge is 0.478 e. The van der Waals surface area contributed by atoms with Crippen molar-refractivity contribution in [1.29, 1.82) is 0 Å². The number of nitrogens with zero attached hydrogens (tertiary/aromatic N) is 1. The van der Waals surface area contributed by atoms with Crippen molar-refractivity contribution in [1.82, 2.24) is 9.88 Å². The lowest BCUT2D eigenvalue weighted by Gasteiger charge is -2.06. The van der Waals surface area contributed by atoms with E-state index in [1.807, 2.05) is 0 Å². The Morgan fingerprint density at radius 3 is 2.52 bits per heavy atom. The molecule has 6 nitrogen and oxygen atoms in total. The second-order valence-electron chi connectivity index (χ2n) is 4.26. The highest BCUT2D eigenvalue weighted by Gasteiger charge is 2.37. The van der Waals surface area contributed by atoms with E-state index in [2.05, 4.69) is 5.32 Å². The minimum absolute atomic E-state index is 0.325. The van der Waals surface area contributed by atoms with Crippen molar-refractivity contribution in [2.24, 2.45) is 0 Å². The summed E-state index contributed by atoms with van der Waals surface area (Å²) in [7, 11) is 1.51. The van der Waals surface area contributed by atoms with Gasteiger partial charge in [-0.15, -0.1) is 0 Å². The maximum Gasteiger partial charge on any atom is 0.418 e. The zero-order chi connectivity index (χ0) is 16.0. The zero-order valence-corrected chi connectivity index (χ0v) is 11.2. The summed E-state index contributed by atoms with van der Waals surface area (Å²) in [6.45, 7) is 0.389. The first-order valence-corrected chi connectivity index (χ1v) is 6.01. The Kier molecular flexibility index (Phi) is 5.77. The smallest absolute Gasteiger partial charge is 0.418 e. The molecule has 0 saturated heterocycles. The molecule has 0 saturated carbocycles. The number of ether oxygens (including phenoxy) is 1. The van der Waals surface area contributed by atoms with Gasteiger partial charge < -0.3 is 19.7 Å². The van der Waals surface area contributed by atoms with E-state index in [4.69, 9.17) is 9.84 Å². The van der Waals surface area contributed by atoms with Crippen molar-refractivity contribution in [3.63, 3.8) is 0 Å². The third kappa shape index (κ3) is 5.10. The Hall–Kier alpha value is -2.03. The highest BCUT2D eigenvalue weighted by Crippen LogP contribution is 2.32. The van der Waals surface area contributed by atoms with Gasteiger partial charge in [0, 0.05) is 32.7 Å². The van der Waals surface area contributed by atoms with Gasteiger partial charge >= 0.3 is 12.1 Å². The maximum absolute atomic E-state index is 12.7. The molecule has 0 bridgehead atoms. The molecule has 9 heteroatoms. The maximum atomic E-state index is 12.7. The topological polar surface area (TPSA) is 80.6 Å². The standard InChI is InChI=1S/C12H15F3N2O4/c1-21-4-2-3-16-10(18)7-17-5-8(11(19)20)9(6-17)12(13,14)15/h5-6H,2-4,7H2,1H3,(H,16,18)(H,19,20). The van der Waals surface area contributed by atoms with Gasteiger partial charge in [0.15, 0.2) is 0 Å². The van der Waals surface area contributed by atoms with E-state index in [9.17, 15) is 22.8 Å². The number of methoxy groups -OCH3 is 1. The second-order valence-corrected chi connectivity index (χ2v) is 4.26. The van der Waals surface area contributed by atoms with Crippen LogP contribution in [0.3, 0.4) is 0 Å². The van der Waals surface area contributed by atoms with E-state index in [-0.39, 0.29) is 6.54 Å². The molecule has 21 heavy (non-hydrogen) atoms. The minimum Gasteiger partial charge on any atom is -0.478 e. The van der Waals surface area contributed by atoms with Crippen LogP contribution < -0.4 is 5.32 Å². The summed E-state index contributed by atoms with van der Waals surface area (Å²) in [5, 5.41) is 11.2. The van der Waals surface area contributed by atoms with Crippen molar-refractivity contribution < 1.29 is 32.6 Å². The third-order valence-electron chi connectivity index (χ3n) is 2.59. The quantitative estimate of drug-likeness (QED) is 0.745. The third-order valence-corrected chi connectivity index (χ3v) is 2.59. The number of hydrogen-bond acceptors (Lipinski definition) is 3. The molecule has 0 aromatic carbocycles. The number of carboxylic acids is 1. The predicted octanol–water partition coefficient (Wildman–Crippen LogP) is 1.36. The first-order valence-electron chi connectivity index (χ1n) is 6.01. The highest BCUT2D eigenvalue weighted by molar-refractivity contribution is 5.89. The van der Waals surface area contributed by atoms with Crippen LogP contribution in [0.5, 0.6) is 0 Å². The lowest BCUT2D eigenvalue weighted by atomic mass is 10.2. The normalized spacial score (nSPS) is 11.4. The molecule has 1 aromatic heterocycles. The second kappa shape index (κ2) is 7.11.